The van der Waals surface area contributed by atoms with E-state index >= 15 is 0 Å². The summed E-state index contributed by atoms with van der Waals surface area (Å²) in [6, 6.07) is 13.9. The van der Waals surface area contributed by atoms with Crippen LogP contribution in [0.5, 0.6) is 0 Å². The van der Waals surface area contributed by atoms with Gasteiger partial charge in [0.2, 0.25) is 0 Å². The monoisotopic (exact) mass is 449 g/mol. The Morgan fingerprint density at radius 3 is 2.29 bits per heavy atom. The van der Waals surface area contributed by atoms with E-state index < -0.39 is 11.5 Å². The second-order valence-electron chi connectivity index (χ2n) is 6.02. The van der Waals surface area contributed by atoms with Crippen LogP contribution in [0.2, 0.25) is 0 Å². The Labute approximate surface area is 180 Å². The number of hydrogen-bond donors (Lipinski definition) is 4. The third-order valence-corrected chi connectivity index (χ3v) is 4.39. The lowest BCUT2D eigenvalue weighted by Gasteiger charge is -2.10. The quantitative estimate of drug-likeness (QED) is 0.297. The fourth-order valence-electron chi connectivity index (χ4n) is 2.34. The summed E-state index contributed by atoms with van der Waals surface area (Å²) < 4.78 is 37.0. The highest BCUT2D eigenvalue weighted by molar-refractivity contribution is 8.00. The fourth-order valence-corrected chi connectivity index (χ4v) is 2.88. The molecule has 0 saturated carbocycles. The van der Waals surface area contributed by atoms with Gasteiger partial charge in [0.25, 0.3) is 0 Å². The second-order valence-corrected chi connectivity index (χ2v) is 7.16. The van der Waals surface area contributed by atoms with E-state index in [9.17, 15) is 18.0 Å². The van der Waals surface area contributed by atoms with Crippen molar-refractivity contribution in [2.45, 2.75) is 10.4 Å². The molecule has 0 bridgehead atoms. The van der Waals surface area contributed by atoms with Crippen LogP contribution in [0.25, 0.3) is 0 Å². The Bertz CT molecular complexity index is 971. The SMILES string of the molecule is O=C(NCCNc1ccc(Nc2ccccn2)nn1)Nc1ccc(SC(F)(F)F)cc1. The molecular weight excluding hydrogens is 431 g/mol. The number of anilines is 4. The third-order valence-electron chi connectivity index (χ3n) is 3.65. The van der Waals surface area contributed by atoms with Crippen molar-refractivity contribution in [3.63, 3.8) is 0 Å². The van der Waals surface area contributed by atoms with Crippen molar-refractivity contribution in [3.05, 3.63) is 60.8 Å². The molecule has 0 spiro atoms. The highest BCUT2D eigenvalue weighted by Gasteiger charge is 2.29. The van der Waals surface area contributed by atoms with E-state index in [2.05, 4.69) is 36.4 Å². The first-order chi connectivity index (χ1) is 14.9. The van der Waals surface area contributed by atoms with Crippen LogP contribution < -0.4 is 21.3 Å². The van der Waals surface area contributed by atoms with Crippen molar-refractivity contribution in [3.8, 4) is 0 Å². The summed E-state index contributed by atoms with van der Waals surface area (Å²) in [6.07, 6.45) is 1.66. The Morgan fingerprint density at radius 1 is 0.903 bits per heavy atom. The predicted octanol–water partition coefficient (Wildman–Crippen LogP) is 4.46. The molecule has 0 unspecified atom stereocenters. The van der Waals surface area contributed by atoms with E-state index in [0.29, 0.717) is 36.2 Å². The van der Waals surface area contributed by atoms with E-state index in [1.54, 1.807) is 24.4 Å². The van der Waals surface area contributed by atoms with Crippen molar-refractivity contribution >= 4 is 40.9 Å². The molecule has 0 saturated heterocycles. The minimum absolute atomic E-state index is 0.0463. The maximum atomic E-state index is 12.3. The molecule has 1 aromatic carbocycles. The van der Waals surface area contributed by atoms with Gasteiger partial charge >= 0.3 is 11.5 Å². The molecule has 8 nitrogen and oxygen atoms in total. The molecule has 0 aliphatic heterocycles. The largest absolute Gasteiger partial charge is 0.446 e. The van der Waals surface area contributed by atoms with Crippen LogP contribution in [0.3, 0.4) is 0 Å². The molecule has 0 radical (unpaired) electrons. The molecule has 3 aromatic rings. The highest BCUT2D eigenvalue weighted by atomic mass is 32.2. The summed E-state index contributed by atoms with van der Waals surface area (Å²) >= 11 is -0.211. The second kappa shape index (κ2) is 10.5. The van der Waals surface area contributed by atoms with Gasteiger partial charge in [-0.3, -0.25) is 0 Å². The number of nitrogens with one attached hydrogen (secondary N) is 4. The number of alkyl halides is 3. The van der Waals surface area contributed by atoms with Gasteiger partial charge in [-0.05, 0) is 60.3 Å². The smallest absolute Gasteiger partial charge is 0.367 e. The molecule has 2 heterocycles. The van der Waals surface area contributed by atoms with Crippen LogP contribution in [-0.2, 0) is 0 Å². The van der Waals surface area contributed by atoms with Gasteiger partial charge in [-0.1, -0.05) is 6.07 Å². The summed E-state index contributed by atoms with van der Waals surface area (Å²) in [7, 11) is 0. The first-order valence-corrected chi connectivity index (χ1v) is 9.85. The summed E-state index contributed by atoms with van der Waals surface area (Å²) in [5.74, 6) is 1.73. The molecule has 0 atom stereocenters. The van der Waals surface area contributed by atoms with Crippen molar-refractivity contribution in [2.24, 2.45) is 0 Å². The van der Waals surface area contributed by atoms with Crippen LogP contribution in [-0.4, -0.2) is 39.8 Å². The van der Waals surface area contributed by atoms with E-state index in [0.717, 1.165) is 0 Å². The first kappa shape index (κ1) is 22.2. The fraction of sp³-hybridized carbons (Fsp3) is 0.158. The number of hydrogen-bond acceptors (Lipinski definition) is 7. The molecule has 3 rings (SSSR count). The Kier molecular flexibility index (Phi) is 7.49. The molecule has 12 heteroatoms. The number of halogens is 3. The standard InChI is InChI=1S/C19H18F3N7OS/c20-19(21,22)31-14-6-4-13(5-7-14)26-18(30)25-12-11-24-16-8-9-17(29-28-16)27-15-3-1-2-10-23-15/h1-10H,11-12H2,(H,24,28)(H,23,27,29)(H2,25,26,30). The third kappa shape index (κ3) is 8.01. The van der Waals surface area contributed by atoms with E-state index in [-0.39, 0.29) is 16.7 Å². The number of rotatable bonds is 8. The predicted molar refractivity (Wildman–Crippen MR) is 113 cm³/mol. The summed E-state index contributed by atoms with van der Waals surface area (Å²) in [4.78, 5) is 16.1. The first-order valence-electron chi connectivity index (χ1n) is 9.04. The van der Waals surface area contributed by atoms with E-state index in [4.69, 9.17) is 0 Å². The van der Waals surface area contributed by atoms with E-state index in [1.165, 1.54) is 24.3 Å². The van der Waals surface area contributed by atoms with Crippen LogP contribution in [0, 0.1) is 0 Å². The maximum Gasteiger partial charge on any atom is 0.446 e. The average Bonchev–Trinajstić information content (AvgIpc) is 2.73. The molecule has 4 N–H and O–H groups in total. The minimum atomic E-state index is -4.35. The Balaban J connectivity index is 1.36. The number of pyridine rings is 1. The molecule has 2 amide bonds. The zero-order valence-corrected chi connectivity index (χ0v) is 16.8. The van der Waals surface area contributed by atoms with E-state index in [1.807, 2.05) is 12.1 Å². The number of nitrogens with zero attached hydrogens (tertiary/aromatic N) is 3. The number of aromatic nitrogens is 3. The van der Waals surface area contributed by atoms with Crippen molar-refractivity contribution in [1.29, 1.82) is 0 Å². The van der Waals surface area contributed by atoms with Gasteiger partial charge in [-0.25, -0.2) is 9.78 Å². The van der Waals surface area contributed by atoms with Crippen LogP contribution in [0.4, 0.5) is 41.1 Å². The van der Waals surface area contributed by atoms with Crippen molar-refractivity contribution in [1.82, 2.24) is 20.5 Å². The van der Waals surface area contributed by atoms with Crippen LogP contribution in [0.15, 0.2) is 65.7 Å². The Morgan fingerprint density at radius 2 is 1.65 bits per heavy atom. The molecule has 0 fully saturated rings. The number of amides is 2. The lowest BCUT2D eigenvalue weighted by Crippen LogP contribution is -2.32. The summed E-state index contributed by atoms with van der Waals surface area (Å²) in [5.41, 5.74) is -3.96. The highest BCUT2D eigenvalue weighted by Crippen LogP contribution is 2.37. The zero-order chi connectivity index (χ0) is 22.1. The van der Waals surface area contributed by atoms with Gasteiger partial charge in [0.05, 0.1) is 0 Å². The normalized spacial score (nSPS) is 10.9. The molecule has 0 aliphatic rings. The molecule has 162 valence electrons. The number of benzene rings is 1. The van der Waals surface area contributed by atoms with Gasteiger partial charge in [0.15, 0.2) is 5.82 Å². The van der Waals surface area contributed by atoms with Crippen LogP contribution in [0.1, 0.15) is 0 Å². The number of carbonyl (C=O) groups excluding carboxylic acids is 1. The number of urea groups is 1. The van der Waals surface area contributed by atoms with Gasteiger partial charge in [0, 0.05) is 29.9 Å². The molecular formula is C19H18F3N7OS. The van der Waals surface area contributed by atoms with Gasteiger partial charge < -0.3 is 21.3 Å². The minimum Gasteiger partial charge on any atom is -0.367 e. The number of thioether (sulfide) groups is 1. The lowest BCUT2D eigenvalue weighted by molar-refractivity contribution is -0.0328. The summed E-state index contributed by atoms with van der Waals surface area (Å²) in [6.45, 7) is 0.694. The molecule has 0 aliphatic carbocycles. The Hall–Kier alpha value is -3.54. The van der Waals surface area contributed by atoms with Crippen molar-refractivity contribution in [2.75, 3.05) is 29.0 Å². The van der Waals surface area contributed by atoms with Gasteiger partial charge in [-0.2, -0.15) is 13.2 Å². The maximum absolute atomic E-state index is 12.3. The van der Waals surface area contributed by atoms with Crippen LogP contribution >= 0.6 is 11.8 Å². The summed E-state index contributed by atoms with van der Waals surface area (Å²) in [5, 5.41) is 19.3. The lowest BCUT2D eigenvalue weighted by atomic mass is 10.3. The van der Waals surface area contributed by atoms with Crippen molar-refractivity contribution < 1.29 is 18.0 Å². The molecule has 2 aromatic heterocycles. The topological polar surface area (TPSA) is 104 Å². The average molecular weight is 449 g/mol. The molecule has 31 heavy (non-hydrogen) atoms. The zero-order valence-electron chi connectivity index (χ0n) is 16.0. The van der Waals surface area contributed by atoms with Gasteiger partial charge in [-0.15, -0.1) is 10.2 Å². The number of carbonyl (C=O) groups is 1. The van der Waals surface area contributed by atoms with Gasteiger partial charge in [0.1, 0.15) is 11.6 Å².